The zero-order valence-electron chi connectivity index (χ0n) is 15.9. The molecule has 2 atom stereocenters. The SMILES string of the molecule is CCCC1(CCC)CC(NC(C)=O)CC(NC(C)=O)C1.[CH3-].[CH3-].[Ti+2]. The number of hydrogen-bond donors (Lipinski definition) is 2. The molecule has 0 aliphatic heterocycles. The molecule has 0 radical (unpaired) electrons. The fourth-order valence-corrected chi connectivity index (χ4v) is 4.03. The van der Waals surface area contributed by atoms with Gasteiger partial charge in [-0.1, -0.05) is 26.7 Å². The van der Waals surface area contributed by atoms with Crippen molar-refractivity contribution in [1.82, 2.24) is 10.6 Å². The second-order valence-corrected chi connectivity index (χ2v) is 6.44. The fourth-order valence-electron chi connectivity index (χ4n) is 4.03. The van der Waals surface area contributed by atoms with E-state index in [1.165, 1.54) is 12.8 Å². The molecule has 2 N–H and O–H groups in total. The summed E-state index contributed by atoms with van der Waals surface area (Å²) >= 11 is 0. The standard InChI is InChI=1S/C16H30N2O2.2CH3.Ti/c1-5-7-16(8-6-2)10-14(17-12(3)19)9-15(11-16)18-13(4)20;;;/h14-15H,5-11H2,1-4H3,(H,17,19)(H,18,20);2*1H3;/q;2*-1;+2. The fraction of sp³-hybridized carbons (Fsp3) is 0.778. The summed E-state index contributed by atoms with van der Waals surface area (Å²) in [5.74, 6) is 0.0562. The van der Waals surface area contributed by atoms with E-state index in [1.54, 1.807) is 13.8 Å². The van der Waals surface area contributed by atoms with Crippen LogP contribution in [-0.4, -0.2) is 23.9 Å². The quantitative estimate of drug-likeness (QED) is 0.561. The van der Waals surface area contributed by atoms with Crippen LogP contribution in [0.15, 0.2) is 0 Å². The Balaban J connectivity index is -0.00000133. The average Bonchev–Trinajstić information content (AvgIpc) is 2.26. The van der Waals surface area contributed by atoms with Gasteiger partial charge in [0.25, 0.3) is 0 Å². The molecule has 0 aromatic rings. The van der Waals surface area contributed by atoms with Gasteiger partial charge in [0, 0.05) is 25.9 Å². The Kier molecular flexibility index (Phi) is 15.5. The number of hydrogen-bond acceptors (Lipinski definition) is 2. The van der Waals surface area contributed by atoms with E-state index < -0.39 is 0 Å². The Morgan fingerprint density at radius 2 is 1.26 bits per heavy atom. The molecule has 0 saturated heterocycles. The molecule has 5 heteroatoms. The van der Waals surface area contributed by atoms with E-state index in [9.17, 15) is 9.59 Å². The van der Waals surface area contributed by atoms with Crippen molar-refractivity contribution in [3.05, 3.63) is 14.9 Å². The monoisotopic (exact) mass is 360 g/mol. The minimum Gasteiger partial charge on any atom is -0.358 e. The predicted molar refractivity (Wildman–Crippen MR) is 94.1 cm³/mol. The van der Waals surface area contributed by atoms with Crippen LogP contribution in [0.3, 0.4) is 0 Å². The maximum absolute atomic E-state index is 11.4. The van der Waals surface area contributed by atoms with E-state index in [0.717, 1.165) is 32.1 Å². The summed E-state index contributed by atoms with van der Waals surface area (Å²) in [7, 11) is 0. The second kappa shape index (κ2) is 13.0. The first-order valence-electron chi connectivity index (χ1n) is 7.95. The smallest absolute Gasteiger partial charge is 0.358 e. The first kappa shape index (κ1) is 27.5. The van der Waals surface area contributed by atoms with Crippen molar-refractivity contribution in [3.8, 4) is 0 Å². The third-order valence-corrected chi connectivity index (χ3v) is 4.30. The van der Waals surface area contributed by atoms with E-state index in [0.29, 0.717) is 0 Å². The Hall–Kier alpha value is -0.346. The molecule has 0 aromatic carbocycles. The molecule has 0 heterocycles. The molecular formula is C18H36N2O2Ti. The van der Waals surface area contributed by atoms with E-state index in [1.807, 2.05) is 0 Å². The minimum absolute atomic E-state index is 0. The molecule has 0 bridgehead atoms. The minimum atomic E-state index is 0. The van der Waals surface area contributed by atoms with Crippen LogP contribution >= 0.6 is 0 Å². The number of nitrogens with one attached hydrogen (secondary N) is 2. The van der Waals surface area contributed by atoms with Crippen molar-refractivity contribution < 1.29 is 31.3 Å². The van der Waals surface area contributed by atoms with Crippen LogP contribution in [0, 0.1) is 20.3 Å². The van der Waals surface area contributed by atoms with Crippen LogP contribution in [0.25, 0.3) is 0 Å². The van der Waals surface area contributed by atoms with Crippen LogP contribution in [-0.2, 0) is 31.3 Å². The van der Waals surface area contributed by atoms with Gasteiger partial charge in [-0.3, -0.25) is 9.59 Å². The number of rotatable bonds is 6. The van der Waals surface area contributed by atoms with E-state index in [-0.39, 0.29) is 65.9 Å². The number of carbonyl (C=O) groups is 2. The zero-order chi connectivity index (χ0) is 15.2. The van der Waals surface area contributed by atoms with Crippen LogP contribution in [0.5, 0.6) is 0 Å². The molecule has 4 nitrogen and oxygen atoms in total. The van der Waals surface area contributed by atoms with Crippen molar-refractivity contribution in [2.24, 2.45) is 5.41 Å². The van der Waals surface area contributed by atoms with Gasteiger partial charge in [0.2, 0.25) is 11.8 Å². The van der Waals surface area contributed by atoms with Gasteiger partial charge in [-0.05, 0) is 37.5 Å². The molecule has 0 aromatic heterocycles. The Morgan fingerprint density at radius 3 is 1.52 bits per heavy atom. The summed E-state index contributed by atoms with van der Waals surface area (Å²) < 4.78 is 0. The van der Waals surface area contributed by atoms with Gasteiger partial charge in [0.15, 0.2) is 0 Å². The van der Waals surface area contributed by atoms with Gasteiger partial charge in [-0.2, -0.15) is 0 Å². The number of amides is 2. The third-order valence-electron chi connectivity index (χ3n) is 4.30. The Bertz CT molecular complexity index is 316. The Morgan fingerprint density at radius 1 is 0.913 bits per heavy atom. The topological polar surface area (TPSA) is 58.2 Å². The Labute approximate surface area is 158 Å². The predicted octanol–water partition coefficient (Wildman–Crippen LogP) is 3.66. The van der Waals surface area contributed by atoms with Crippen LogP contribution < -0.4 is 10.6 Å². The molecule has 1 rings (SSSR count). The van der Waals surface area contributed by atoms with Crippen LogP contribution in [0.4, 0.5) is 0 Å². The molecule has 1 aliphatic rings. The summed E-state index contributed by atoms with van der Waals surface area (Å²) in [5.41, 5.74) is 0.266. The van der Waals surface area contributed by atoms with Crippen molar-refractivity contribution in [3.63, 3.8) is 0 Å². The summed E-state index contributed by atoms with van der Waals surface area (Å²) in [4.78, 5) is 22.7. The van der Waals surface area contributed by atoms with Gasteiger partial charge in [-0.15, -0.1) is 0 Å². The zero-order valence-corrected chi connectivity index (χ0v) is 17.5. The third kappa shape index (κ3) is 9.51. The van der Waals surface area contributed by atoms with E-state index in [4.69, 9.17) is 0 Å². The molecular weight excluding hydrogens is 324 g/mol. The van der Waals surface area contributed by atoms with Crippen LogP contribution in [0.2, 0.25) is 0 Å². The summed E-state index contributed by atoms with van der Waals surface area (Å²) in [6.07, 6.45) is 7.60. The van der Waals surface area contributed by atoms with Gasteiger partial charge >= 0.3 is 21.7 Å². The summed E-state index contributed by atoms with van der Waals surface area (Å²) in [6.45, 7) is 7.58. The van der Waals surface area contributed by atoms with Gasteiger partial charge in [0.05, 0.1) is 0 Å². The largest absolute Gasteiger partial charge is 2.00 e. The molecule has 1 fully saturated rings. The maximum Gasteiger partial charge on any atom is 2.00 e. The van der Waals surface area contributed by atoms with Crippen molar-refractivity contribution >= 4 is 11.8 Å². The molecule has 2 amide bonds. The van der Waals surface area contributed by atoms with E-state index in [2.05, 4.69) is 24.5 Å². The van der Waals surface area contributed by atoms with Gasteiger partial charge in [-0.25, -0.2) is 0 Å². The van der Waals surface area contributed by atoms with E-state index >= 15 is 0 Å². The molecule has 23 heavy (non-hydrogen) atoms. The second-order valence-electron chi connectivity index (χ2n) is 6.44. The molecule has 0 spiro atoms. The van der Waals surface area contributed by atoms with Crippen molar-refractivity contribution in [2.45, 2.75) is 84.7 Å². The van der Waals surface area contributed by atoms with Crippen molar-refractivity contribution in [1.29, 1.82) is 0 Å². The molecule has 1 aliphatic carbocycles. The molecule has 2 unspecified atom stereocenters. The normalized spacial score (nSPS) is 21.7. The summed E-state index contributed by atoms with van der Waals surface area (Å²) in [6, 6.07) is 0.382. The first-order valence-corrected chi connectivity index (χ1v) is 7.95. The maximum atomic E-state index is 11.4. The van der Waals surface area contributed by atoms with Crippen molar-refractivity contribution in [2.75, 3.05) is 0 Å². The molecule has 1 saturated carbocycles. The first-order chi connectivity index (χ1) is 9.40. The van der Waals surface area contributed by atoms with Gasteiger partial charge < -0.3 is 25.5 Å². The summed E-state index contributed by atoms with van der Waals surface area (Å²) in [5, 5.41) is 6.13. The number of carbonyl (C=O) groups excluding carboxylic acids is 2. The molecule has 134 valence electrons. The van der Waals surface area contributed by atoms with Crippen LogP contribution in [0.1, 0.15) is 72.6 Å². The van der Waals surface area contributed by atoms with Gasteiger partial charge in [0.1, 0.15) is 0 Å². The average molecular weight is 360 g/mol.